The van der Waals surface area contributed by atoms with E-state index in [1.165, 1.54) is 12.8 Å². The molecule has 6 nitrogen and oxygen atoms in total. The molecule has 0 aliphatic carbocycles. The number of carbonyl (C=O) groups is 1. The van der Waals surface area contributed by atoms with Gasteiger partial charge in [0.1, 0.15) is 0 Å². The van der Waals surface area contributed by atoms with Gasteiger partial charge in [-0.05, 0) is 50.6 Å². The van der Waals surface area contributed by atoms with Gasteiger partial charge in [0.05, 0.1) is 10.9 Å². The highest BCUT2D eigenvalue weighted by molar-refractivity contribution is 5.98. The van der Waals surface area contributed by atoms with Crippen LogP contribution in [0.5, 0.6) is 0 Å². The van der Waals surface area contributed by atoms with E-state index in [1.54, 1.807) is 18.2 Å². The molecule has 0 bridgehead atoms. The molecule has 0 spiro atoms. The predicted octanol–water partition coefficient (Wildman–Crippen LogP) is 1.17. The van der Waals surface area contributed by atoms with Crippen molar-refractivity contribution in [2.75, 3.05) is 26.2 Å². The van der Waals surface area contributed by atoms with Crippen molar-refractivity contribution < 1.29 is 4.79 Å². The molecule has 1 aromatic carbocycles. The molecule has 1 amide bonds. The zero-order chi connectivity index (χ0) is 15.1. The maximum absolute atomic E-state index is 12.7. The summed E-state index contributed by atoms with van der Waals surface area (Å²) in [5.41, 5.74) is 1.15. The third-order valence-corrected chi connectivity index (χ3v) is 4.93. The number of fused-ring (bicyclic) bond motifs is 1. The van der Waals surface area contributed by atoms with Gasteiger partial charge in [-0.2, -0.15) is 0 Å². The van der Waals surface area contributed by atoms with Gasteiger partial charge in [-0.1, -0.05) is 0 Å². The van der Waals surface area contributed by atoms with Crippen molar-refractivity contribution in [3.63, 3.8) is 0 Å². The lowest BCUT2D eigenvalue weighted by Gasteiger charge is -2.23. The number of H-pyrrole nitrogens is 2. The van der Waals surface area contributed by atoms with E-state index in [1.807, 2.05) is 4.90 Å². The van der Waals surface area contributed by atoms with Gasteiger partial charge < -0.3 is 4.90 Å². The molecule has 2 aromatic rings. The molecule has 6 heteroatoms. The van der Waals surface area contributed by atoms with Gasteiger partial charge in [0.15, 0.2) is 0 Å². The maximum atomic E-state index is 12.7. The molecule has 2 aliphatic rings. The van der Waals surface area contributed by atoms with Crippen molar-refractivity contribution in [3.8, 4) is 0 Å². The van der Waals surface area contributed by atoms with E-state index in [4.69, 9.17) is 0 Å². The van der Waals surface area contributed by atoms with Crippen molar-refractivity contribution in [1.29, 1.82) is 0 Å². The number of hydrogen-bond acceptors (Lipinski definition) is 3. The summed E-state index contributed by atoms with van der Waals surface area (Å²) in [6, 6.07) is 5.77. The minimum atomic E-state index is -0.180. The van der Waals surface area contributed by atoms with Gasteiger partial charge in [-0.15, -0.1) is 0 Å². The van der Waals surface area contributed by atoms with Crippen LogP contribution < -0.4 is 5.56 Å². The fourth-order valence-electron chi connectivity index (χ4n) is 3.68. The number of carbonyl (C=O) groups excluding carboxylic acids is 1. The molecule has 3 heterocycles. The highest BCUT2D eigenvalue weighted by atomic mass is 16.2. The molecule has 1 unspecified atom stereocenters. The molecule has 2 saturated heterocycles. The second-order valence-electron chi connectivity index (χ2n) is 6.28. The minimum Gasteiger partial charge on any atom is -0.337 e. The van der Waals surface area contributed by atoms with Crippen LogP contribution in [0.2, 0.25) is 0 Å². The van der Waals surface area contributed by atoms with Crippen LogP contribution in [0, 0.1) is 0 Å². The summed E-state index contributed by atoms with van der Waals surface area (Å²) in [6.45, 7) is 3.94. The Morgan fingerprint density at radius 3 is 2.77 bits per heavy atom. The SMILES string of the molecule is O=C(c1ccc2[nH][nH]c(=O)c2c1)N1CCC(N2CCCC2)C1. The van der Waals surface area contributed by atoms with Gasteiger partial charge >= 0.3 is 0 Å². The molecule has 1 atom stereocenters. The van der Waals surface area contributed by atoms with Crippen molar-refractivity contribution in [2.24, 2.45) is 0 Å². The van der Waals surface area contributed by atoms with Crippen LogP contribution in [0.3, 0.4) is 0 Å². The van der Waals surface area contributed by atoms with E-state index in [-0.39, 0.29) is 11.5 Å². The Bertz CT molecular complexity index is 757. The second-order valence-corrected chi connectivity index (χ2v) is 6.28. The van der Waals surface area contributed by atoms with Crippen LogP contribution in [-0.2, 0) is 0 Å². The first-order valence-electron chi connectivity index (χ1n) is 7.96. The molecule has 116 valence electrons. The van der Waals surface area contributed by atoms with E-state index < -0.39 is 0 Å². The maximum Gasteiger partial charge on any atom is 0.271 e. The summed E-state index contributed by atoms with van der Waals surface area (Å²) in [5.74, 6) is 0.0317. The molecular formula is C16H20N4O2. The van der Waals surface area contributed by atoms with Crippen LogP contribution in [0.1, 0.15) is 29.6 Å². The average Bonchev–Trinajstić information content (AvgIpc) is 3.27. The van der Waals surface area contributed by atoms with E-state index in [0.29, 0.717) is 17.0 Å². The lowest BCUT2D eigenvalue weighted by molar-refractivity contribution is 0.0780. The first-order valence-corrected chi connectivity index (χ1v) is 7.96. The second kappa shape index (κ2) is 5.28. The fraction of sp³-hybridized carbons (Fsp3) is 0.500. The first-order chi connectivity index (χ1) is 10.7. The van der Waals surface area contributed by atoms with E-state index in [9.17, 15) is 9.59 Å². The van der Waals surface area contributed by atoms with Crippen LogP contribution in [0.4, 0.5) is 0 Å². The zero-order valence-electron chi connectivity index (χ0n) is 12.5. The number of hydrogen-bond donors (Lipinski definition) is 2. The van der Waals surface area contributed by atoms with Gasteiger partial charge in [-0.25, -0.2) is 0 Å². The summed E-state index contributed by atoms with van der Waals surface area (Å²) in [5, 5.41) is 5.89. The van der Waals surface area contributed by atoms with Crippen molar-refractivity contribution in [2.45, 2.75) is 25.3 Å². The number of nitrogens with zero attached hydrogens (tertiary/aromatic N) is 2. The molecule has 2 fully saturated rings. The van der Waals surface area contributed by atoms with Crippen molar-refractivity contribution in [3.05, 3.63) is 34.1 Å². The minimum absolute atomic E-state index is 0.0317. The van der Waals surface area contributed by atoms with Crippen molar-refractivity contribution >= 4 is 16.8 Å². The number of benzene rings is 1. The molecular weight excluding hydrogens is 280 g/mol. The summed E-state index contributed by atoms with van der Waals surface area (Å²) in [6.07, 6.45) is 3.60. The summed E-state index contributed by atoms with van der Waals surface area (Å²) in [4.78, 5) is 28.8. The largest absolute Gasteiger partial charge is 0.337 e. The zero-order valence-corrected chi connectivity index (χ0v) is 12.5. The average molecular weight is 300 g/mol. The smallest absolute Gasteiger partial charge is 0.271 e. The fourth-order valence-corrected chi connectivity index (χ4v) is 3.68. The highest BCUT2D eigenvalue weighted by Crippen LogP contribution is 2.22. The van der Waals surface area contributed by atoms with Gasteiger partial charge in [0, 0.05) is 24.7 Å². The molecule has 2 N–H and O–H groups in total. The van der Waals surface area contributed by atoms with E-state index >= 15 is 0 Å². The number of amides is 1. The first kappa shape index (κ1) is 13.6. The van der Waals surface area contributed by atoms with E-state index in [2.05, 4.69) is 15.1 Å². The normalized spacial score (nSPS) is 22.7. The third-order valence-electron chi connectivity index (χ3n) is 4.93. The molecule has 0 saturated carbocycles. The van der Waals surface area contributed by atoms with Crippen LogP contribution >= 0.6 is 0 Å². The molecule has 2 aliphatic heterocycles. The molecule has 22 heavy (non-hydrogen) atoms. The monoisotopic (exact) mass is 300 g/mol. The third kappa shape index (κ3) is 2.23. The quantitative estimate of drug-likeness (QED) is 0.874. The Morgan fingerprint density at radius 1 is 1.14 bits per heavy atom. The van der Waals surface area contributed by atoms with Gasteiger partial charge in [0.2, 0.25) is 0 Å². The highest BCUT2D eigenvalue weighted by Gasteiger charge is 2.31. The van der Waals surface area contributed by atoms with Gasteiger partial charge in [-0.3, -0.25) is 24.7 Å². The Labute approximate surface area is 128 Å². The molecule has 1 aromatic heterocycles. The van der Waals surface area contributed by atoms with Crippen LogP contribution in [0.25, 0.3) is 10.9 Å². The summed E-state index contributed by atoms with van der Waals surface area (Å²) in [7, 11) is 0. The van der Waals surface area contributed by atoms with E-state index in [0.717, 1.165) is 38.1 Å². The standard InChI is InChI=1S/C16H20N4O2/c21-15-13-9-11(3-4-14(13)17-18-15)16(22)20-8-5-12(10-20)19-6-1-2-7-19/h3-4,9,12H,1-2,5-8,10H2,(H2,17,18,21). The predicted molar refractivity (Wildman–Crippen MR) is 84.0 cm³/mol. The Balaban J connectivity index is 1.53. The lowest BCUT2D eigenvalue weighted by atomic mass is 10.1. The summed E-state index contributed by atoms with van der Waals surface area (Å²) < 4.78 is 0. The molecule has 0 radical (unpaired) electrons. The number of aromatic nitrogens is 2. The Hall–Kier alpha value is -2.08. The number of aromatic amines is 2. The lowest BCUT2D eigenvalue weighted by Crippen LogP contribution is -2.37. The Kier molecular flexibility index (Phi) is 3.26. The molecule has 4 rings (SSSR count). The number of rotatable bonds is 2. The number of nitrogens with one attached hydrogen (secondary N) is 2. The number of likely N-dealkylation sites (tertiary alicyclic amines) is 2. The topological polar surface area (TPSA) is 72.2 Å². The Morgan fingerprint density at radius 2 is 1.95 bits per heavy atom. The van der Waals surface area contributed by atoms with Crippen LogP contribution in [0.15, 0.2) is 23.0 Å². The summed E-state index contributed by atoms with van der Waals surface area (Å²) >= 11 is 0. The van der Waals surface area contributed by atoms with Gasteiger partial charge in [0.25, 0.3) is 11.5 Å². The van der Waals surface area contributed by atoms with Crippen molar-refractivity contribution in [1.82, 2.24) is 20.0 Å². The van der Waals surface area contributed by atoms with Crippen LogP contribution in [-0.4, -0.2) is 58.1 Å².